The second-order valence-corrected chi connectivity index (χ2v) is 22.2. The maximum Gasteiger partial charge on any atom is 0.258 e. The van der Waals surface area contributed by atoms with Gasteiger partial charge in [-0.25, -0.2) is 0 Å². The van der Waals surface area contributed by atoms with Crippen molar-refractivity contribution in [3.8, 4) is 0 Å². The van der Waals surface area contributed by atoms with Crippen LogP contribution in [0.3, 0.4) is 0 Å². The molecular formula is C30H45BO3Si2. The lowest BCUT2D eigenvalue weighted by molar-refractivity contribution is -0.0805. The second kappa shape index (κ2) is 9.53. The molecule has 2 aromatic carbocycles. The van der Waals surface area contributed by atoms with Gasteiger partial charge < -0.3 is 14.0 Å². The number of ether oxygens (including phenoxy) is 1. The first-order valence-electron chi connectivity index (χ1n) is 13.6. The Morgan fingerprint density at radius 3 is 1.92 bits per heavy atom. The molecule has 1 saturated heterocycles. The van der Waals surface area contributed by atoms with Crippen LogP contribution < -0.4 is 10.4 Å². The number of hydrogen-bond acceptors (Lipinski definition) is 3. The average Bonchev–Trinajstić information content (AvgIpc) is 3.22. The van der Waals surface area contributed by atoms with Gasteiger partial charge in [-0.15, -0.1) is 0 Å². The van der Waals surface area contributed by atoms with E-state index in [9.17, 15) is 4.80 Å². The summed E-state index contributed by atoms with van der Waals surface area (Å²) < 4.78 is 13.7. The van der Waals surface area contributed by atoms with Gasteiger partial charge in [0.15, 0.2) is 8.32 Å². The Hall–Kier alpha value is -1.18. The van der Waals surface area contributed by atoms with Gasteiger partial charge in [0, 0.05) is 11.9 Å². The number of benzene rings is 2. The molecule has 0 spiro atoms. The summed E-state index contributed by atoms with van der Waals surface area (Å²) in [5.41, 5.74) is -0.390. The van der Waals surface area contributed by atoms with Crippen molar-refractivity contribution >= 4 is 34.9 Å². The highest BCUT2D eigenvalue weighted by Gasteiger charge is 2.64. The van der Waals surface area contributed by atoms with Crippen molar-refractivity contribution in [3.05, 3.63) is 60.7 Å². The molecule has 2 fully saturated rings. The molecule has 4 rings (SSSR count). The van der Waals surface area contributed by atoms with Crippen LogP contribution in [0.25, 0.3) is 0 Å². The number of fused-ring (bicyclic) bond motifs is 2. The van der Waals surface area contributed by atoms with Crippen LogP contribution in [0, 0.1) is 11.8 Å². The fourth-order valence-electron chi connectivity index (χ4n) is 6.40. The van der Waals surface area contributed by atoms with Crippen molar-refractivity contribution < 1.29 is 14.0 Å². The highest BCUT2D eigenvalue weighted by atomic mass is 28.4. The predicted molar refractivity (Wildman–Crippen MR) is 156 cm³/mol. The third-order valence-corrected chi connectivity index (χ3v) is 18.7. The molecule has 6 heteroatoms. The van der Waals surface area contributed by atoms with Gasteiger partial charge in [0.2, 0.25) is 0 Å². The van der Waals surface area contributed by atoms with E-state index in [4.69, 9.17) is 17.0 Å². The summed E-state index contributed by atoms with van der Waals surface area (Å²) in [4.78, 5) is 12.6. The fourth-order valence-corrected chi connectivity index (χ4v) is 11.5. The van der Waals surface area contributed by atoms with Gasteiger partial charge in [-0.3, -0.25) is 0 Å². The topological polar surface area (TPSA) is 38.7 Å². The molecule has 0 amide bonds. The summed E-state index contributed by atoms with van der Waals surface area (Å²) in [5.74, 6) is 0.688. The van der Waals surface area contributed by atoms with Gasteiger partial charge in [0.1, 0.15) is 7.85 Å². The van der Waals surface area contributed by atoms with Crippen molar-refractivity contribution in [1.29, 1.82) is 0 Å². The summed E-state index contributed by atoms with van der Waals surface area (Å²) in [5, 5.41) is 1.89. The molecule has 3 nitrogen and oxygen atoms in total. The second-order valence-electron chi connectivity index (χ2n) is 13.5. The van der Waals surface area contributed by atoms with Crippen LogP contribution in [0.5, 0.6) is 0 Å². The van der Waals surface area contributed by atoms with E-state index in [-0.39, 0.29) is 33.7 Å². The Kier molecular flexibility index (Phi) is 7.37. The zero-order valence-electron chi connectivity index (χ0n) is 23.5. The summed E-state index contributed by atoms with van der Waals surface area (Å²) in [6.07, 6.45) is 2.66. The third-order valence-electron chi connectivity index (χ3n) is 9.71. The maximum absolute atomic E-state index is 12.6. The summed E-state index contributed by atoms with van der Waals surface area (Å²) in [7, 11) is 1.50. The first kappa shape index (κ1) is 27.8. The minimum atomic E-state index is -3.08. The Bertz CT molecular complexity index is 984. The molecule has 1 saturated carbocycles. The van der Waals surface area contributed by atoms with Crippen LogP contribution in [0.1, 0.15) is 60.8 Å². The lowest BCUT2D eigenvalue weighted by Crippen LogP contribution is -2.65. The highest BCUT2D eigenvalue weighted by Crippen LogP contribution is 2.57. The molecule has 194 valence electrons. The Morgan fingerprint density at radius 2 is 1.47 bits per heavy atom. The smallest absolute Gasteiger partial charge is 0.258 e. The van der Waals surface area contributed by atoms with E-state index in [0.29, 0.717) is 5.92 Å². The van der Waals surface area contributed by atoms with Gasteiger partial charge in [-0.2, -0.15) is 0 Å². The number of hydrogen-bond donors (Lipinski definition) is 1. The molecule has 1 aliphatic heterocycles. The van der Waals surface area contributed by atoms with Crippen LogP contribution in [-0.4, -0.2) is 47.0 Å². The van der Waals surface area contributed by atoms with E-state index in [1.54, 1.807) is 0 Å². The first-order valence-corrected chi connectivity index (χ1v) is 18.4. The van der Waals surface area contributed by atoms with Crippen molar-refractivity contribution in [1.82, 2.24) is 0 Å². The van der Waals surface area contributed by atoms with Crippen LogP contribution >= 0.6 is 0 Å². The largest absolute Gasteiger partial charge is 0.424 e. The number of rotatable bonds is 8. The van der Waals surface area contributed by atoms with E-state index in [0.717, 1.165) is 29.6 Å². The third kappa shape index (κ3) is 4.62. The van der Waals surface area contributed by atoms with Crippen LogP contribution in [0.15, 0.2) is 60.7 Å². The molecule has 1 N–H and O–H groups in total. The quantitative estimate of drug-likeness (QED) is 0.460. The summed E-state index contributed by atoms with van der Waals surface area (Å²) >= 11 is 0. The molecule has 1 unspecified atom stereocenters. The molecule has 5 atom stereocenters. The van der Waals surface area contributed by atoms with Crippen molar-refractivity contribution in [2.24, 2.45) is 11.8 Å². The van der Waals surface area contributed by atoms with Gasteiger partial charge in [-0.1, -0.05) is 102 Å². The maximum atomic E-state index is 12.6. The van der Waals surface area contributed by atoms with Crippen LogP contribution in [0.4, 0.5) is 0 Å². The van der Waals surface area contributed by atoms with Gasteiger partial charge in [0.05, 0.1) is 11.7 Å². The zero-order valence-corrected chi connectivity index (χ0v) is 25.5. The highest BCUT2D eigenvalue weighted by molar-refractivity contribution is 6.98. The van der Waals surface area contributed by atoms with Gasteiger partial charge in [-0.05, 0) is 58.7 Å². The lowest BCUT2D eigenvalue weighted by atomic mass is 9.80. The molecule has 36 heavy (non-hydrogen) atoms. The Labute approximate surface area is 222 Å². The van der Waals surface area contributed by atoms with E-state index >= 15 is 0 Å². The molecule has 1 aliphatic carbocycles. The van der Waals surface area contributed by atoms with E-state index < -0.39 is 16.6 Å². The zero-order chi connectivity index (χ0) is 26.6. The van der Waals surface area contributed by atoms with E-state index in [2.05, 4.69) is 78.9 Å². The SMILES string of the molecule is [B][C@@H]1O[C@@]2(CCC(C)(C)[Si](O)(c3ccccc3)c3ccccc3)CC(C)[C@@H]1[C@@H]2O[Si](C)(C)C(C)(C)C. The minimum Gasteiger partial charge on any atom is -0.424 e. The van der Waals surface area contributed by atoms with Crippen LogP contribution in [0.2, 0.25) is 23.2 Å². The molecule has 1 heterocycles. The molecule has 0 aromatic heterocycles. The fraction of sp³-hybridized carbons (Fsp3) is 0.600. The van der Waals surface area contributed by atoms with Crippen LogP contribution in [-0.2, 0) is 9.16 Å². The Balaban J connectivity index is 1.67. The average molecular weight is 521 g/mol. The van der Waals surface area contributed by atoms with E-state index in [1.165, 1.54) is 0 Å². The first-order chi connectivity index (χ1) is 16.6. The minimum absolute atomic E-state index is 0.0161. The molecule has 2 aliphatic rings. The lowest BCUT2D eigenvalue weighted by Gasteiger charge is -2.45. The molecule has 2 radical (unpaired) electrons. The van der Waals surface area contributed by atoms with Crippen molar-refractivity contribution in [3.63, 3.8) is 0 Å². The molecule has 2 aromatic rings. The van der Waals surface area contributed by atoms with Gasteiger partial charge >= 0.3 is 0 Å². The van der Waals surface area contributed by atoms with Crippen molar-refractivity contribution in [2.75, 3.05) is 0 Å². The Morgan fingerprint density at radius 1 is 0.972 bits per heavy atom. The van der Waals surface area contributed by atoms with E-state index in [1.807, 2.05) is 36.4 Å². The summed E-state index contributed by atoms with van der Waals surface area (Å²) in [6.45, 7) is 18.3. The summed E-state index contributed by atoms with van der Waals surface area (Å²) in [6, 6.07) is 20.3. The molecule has 2 bridgehead atoms. The molecular weight excluding hydrogens is 475 g/mol. The normalized spacial score (nSPS) is 29.0. The standard InChI is InChI=1S/C30H45BO3Si2/c1-22-21-30(26(25(22)27(31)33-30)34-35(7,8)28(2,3)4)20-19-29(5,6)36(32,23-15-11-9-12-16-23)24-17-13-10-14-18-24/h9-18,22,25-27,32H,19-21H2,1-8H3/t22?,25-,26+,27-,30+/m1/s1. The monoisotopic (exact) mass is 520 g/mol. The van der Waals surface area contributed by atoms with Crippen molar-refractivity contribution in [2.45, 2.75) is 102 Å². The predicted octanol–water partition coefficient (Wildman–Crippen LogP) is 5.61. The van der Waals surface area contributed by atoms with Gasteiger partial charge in [0.25, 0.3) is 8.32 Å².